The summed E-state index contributed by atoms with van der Waals surface area (Å²) in [4.78, 5) is 11.7. The van der Waals surface area contributed by atoms with Crippen molar-refractivity contribution in [1.82, 2.24) is 9.62 Å². The third-order valence-corrected chi connectivity index (χ3v) is 7.06. The van der Waals surface area contributed by atoms with Crippen LogP contribution in [0.3, 0.4) is 0 Å². The maximum atomic E-state index is 12.3. The lowest BCUT2D eigenvalue weighted by atomic mass is 9.96. The van der Waals surface area contributed by atoms with Crippen LogP contribution in [0.15, 0.2) is 42.5 Å². The van der Waals surface area contributed by atoms with Gasteiger partial charge in [-0.1, -0.05) is 24.3 Å². The molecule has 11 nitrogen and oxygen atoms in total. The molecule has 2 aromatic rings. The van der Waals surface area contributed by atoms with Crippen molar-refractivity contribution in [2.45, 2.75) is 44.5 Å². The quantitative estimate of drug-likeness (QED) is 0.338. The maximum Gasteiger partial charge on any atom is 0.301 e. The summed E-state index contributed by atoms with van der Waals surface area (Å²) in [6, 6.07) is 10.9. The molecule has 192 valence electrons. The average molecular weight is 510 g/mol. The summed E-state index contributed by atoms with van der Waals surface area (Å²) in [7, 11) is -0.882. The van der Waals surface area contributed by atoms with Gasteiger partial charge in [0, 0.05) is 26.6 Å². The standard InChI is InChI=1S/C23H31N3O8S/c1-13-7-5-10-17(19(13)15-8-6-9-16(11-15)25-35(31,32)26(3)4)33-23-20(24-14(2)28)22(30)21(29)18(12-27)34-23/h5-11,18,20-23,25,27,29-30H,12H2,1-4H3,(H,24,28). The topological polar surface area (TPSA) is 158 Å². The summed E-state index contributed by atoms with van der Waals surface area (Å²) in [5.41, 5.74) is 2.42. The van der Waals surface area contributed by atoms with Gasteiger partial charge in [-0.15, -0.1) is 0 Å². The van der Waals surface area contributed by atoms with Gasteiger partial charge in [-0.05, 0) is 36.2 Å². The molecule has 1 heterocycles. The molecule has 1 aliphatic rings. The molecule has 12 heteroatoms. The zero-order chi connectivity index (χ0) is 25.9. The molecule has 3 rings (SSSR count). The van der Waals surface area contributed by atoms with Gasteiger partial charge in [-0.3, -0.25) is 9.52 Å². The molecule has 5 unspecified atom stereocenters. The first-order chi connectivity index (χ1) is 16.4. The normalized spacial score (nSPS) is 24.7. The lowest BCUT2D eigenvalue weighted by Gasteiger charge is -2.42. The van der Waals surface area contributed by atoms with Crippen molar-refractivity contribution in [2.75, 3.05) is 25.4 Å². The Labute approximate surface area is 204 Å². The van der Waals surface area contributed by atoms with Crippen molar-refractivity contribution >= 4 is 21.8 Å². The Balaban J connectivity index is 1.99. The first kappa shape index (κ1) is 26.9. The largest absolute Gasteiger partial charge is 0.462 e. The van der Waals surface area contributed by atoms with Gasteiger partial charge in [0.1, 0.15) is 30.1 Å². The van der Waals surface area contributed by atoms with Gasteiger partial charge in [-0.25, -0.2) is 0 Å². The number of nitrogens with zero attached hydrogens (tertiary/aromatic N) is 1. The average Bonchev–Trinajstić information content (AvgIpc) is 2.78. The first-order valence-corrected chi connectivity index (χ1v) is 12.3. The second-order valence-corrected chi connectivity index (χ2v) is 10.4. The Kier molecular flexibility index (Phi) is 8.36. The molecule has 5 N–H and O–H groups in total. The highest BCUT2D eigenvalue weighted by molar-refractivity contribution is 7.90. The molecule has 0 spiro atoms. The number of hydrogen-bond acceptors (Lipinski definition) is 8. The van der Waals surface area contributed by atoms with E-state index in [-0.39, 0.29) is 0 Å². The van der Waals surface area contributed by atoms with Crippen LogP contribution in [-0.2, 0) is 19.7 Å². The summed E-state index contributed by atoms with van der Waals surface area (Å²) in [5.74, 6) is -0.135. The fourth-order valence-electron chi connectivity index (χ4n) is 3.78. The van der Waals surface area contributed by atoms with E-state index in [1.165, 1.54) is 21.0 Å². The minimum absolute atomic E-state index is 0.332. The summed E-state index contributed by atoms with van der Waals surface area (Å²) < 4.78 is 39.9. The molecule has 0 bridgehead atoms. The predicted octanol–water partition coefficient (Wildman–Crippen LogP) is 0.203. The molecular weight excluding hydrogens is 478 g/mol. The number of amides is 1. The highest BCUT2D eigenvalue weighted by Crippen LogP contribution is 2.36. The molecule has 1 saturated heterocycles. The van der Waals surface area contributed by atoms with Gasteiger partial charge in [0.05, 0.1) is 12.3 Å². The lowest BCUT2D eigenvalue weighted by Crippen LogP contribution is -2.65. The van der Waals surface area contributed by atoms with Crippen LogP contribution in [0.2, 0.25) is 0 Å². The number of ether oxygens (including phenoxy) is 2. The van der Waals surface area contributed by atoms with E-state index in [1.807, 2.05) is 13.0 Å². The van der Waals surface area contributed by atoms with Gasteiger partial charge in [0.15, 0.2) is 0 Å². The number of benzene rings is 2. The molecule has 35 heavy (non-hydrogen) atoms. The van der Waals surface area contributed by atoms with E-state index in [2.05, 4.69) is 10.0 Å². The Morgan fingerprint density at radius 3 is 2.46 bits per heavy atom. The van der Waals surface area contributed by atoms with E-state index in [4.69, 9.17) is 9.47 Å². The molecule has 1 amide bonds. The Morgan fingerprint density at radius 2 is 1.83 bits per heavy atom. The minimum atomic E-state index is -3.72. The third kappa shape index (κ3) is 6.10. The number of carbonyl (C=O) groups is 1. The zero-order valence-electron chi connectivity index (χ0n) is 19.9. The van der Waals surface area contributed by atoms with E-state index >= 15 is 0 Å². The number of aliphatic hydroxyl groups excluding tert-OH is 3. The van der Waals surface area contributed by atoms with Crippen LogP contribution in [0.5, 0.6) is 5.75 Å². The van der Waals surface area contributed by atoms with E-state index in [9.17, 15) is 28.5 Å². The van der Waals surface area contributed by atoms with Crippen molar-refractivity contribution in [2.24, 2.45) is 0 Å². The molecule has 1 fully saturated rings. The molecule has 0 aliphatic carbocycles. The van der Waals surface area contributed by atoms with Crippen LogP contribution < -0.4 is 14.8 Å². The van der Waals surface area contributed by atoms with Crippen molar-refractivity contribution in [3.63, 3.8) is 0 Å². The van der Waals surface area contributed by atoms with Gasteiger partial charge >= 0.3 is 10.2 Å². The molecule has 2 aromatic carbocycles. The summed E-state index contributed by atoms with van der Waals surface area (Å²) in [5, 5.41) is 32.9. The Morgan fingerprint density at radius 1 is 1.14 bits per heavy atom. The number of aryl methyl sites for hydroxylation is 1. The van der Waals surface area contributed by atoms with Crippen LogP contribution in [0.25, 0.3) is 11.1 Å². The van der Waals surface area contributed by atoms with Crippen LogP contribution in [0.1, 0.15) is 12.5 Å². The SMILES string of the molecule is CC(=O)NC1C(Oc2cccc(C)c2-c2cccc(NS(=O)(=O)N(C)C)c2)OC(CO)C(O)C1O. The van der Waals surface area contributed by atoms with Crippen LogP contribution >= 0.6 is 0 Å². The second-order valence-electron chi connectivity index (χ2n) is 8.47. The van der Waals surface area contributed by atoms with Crippen LogP contribution in [-0.4, -0.2) is 85.3 Å². The maximum absolute atomic E-state index is 12.3. The second kappa shape index (κ2) is 10.9. The van der Waals surface area contributed by atoms with Crippen molar-refractivity contribution in [3.8, 4) is 16.9 Å². The molecular formula is C23H31N3O8S. The van der Waals surface area contributed by atoms with E-state index in [1.54, 1.807) is 36.4 Å². The molecule has 0 radical (unpaired) electrons. The number of anilines is 1. The molecule has 0 aromatic heterocycles. The van der Waals surface area contributed by atoms with E-state index in [0.29, 0.717) is 22.6 Å². The van der Waals surface area contributed by atoms with Crippen LogP contribution in [0.4, 0.5) is 5.69 Å². The Bertz CT molecular complexity index is 1160. The number of carbonyl (C=O) groups excluding carboxylic acids is 1. The first-order valence-electron chi connectivity index (χ1n) is 10.9. The minimum Gasteiger partial charge on any atom is -0.462 e. The highest BCUT2D eigenvalue weighted by atomic mass is 32.2. The number of hydrogen-bond donors (Lipinski definition) is 5. The summed E-state index contributed by atoms with van der Waals surface area (Å²) in [6.07, 6.45) is -5.25. The van der Waals surface area contributed by atoms with Gasteiger partial charge in [0.25, 0.3) is 0 Å². The fourth-order valence-corrected chi connectivity index (χ4v) is 4.39. The van der Waals surface area contributed by atoms with Gasteiger partial charge in [-0.2, -0.15) is 12.7 Å². The van der Waals surface area contributed by atoms with Gasteiger partial charge in [0.2, 0.25) is 12.2 Å². The number of aliphatic hydroxyl groups is 3. The monoisotopic (exact) mass is 509 g/mol. The van der Waals surface area contributed by atoms with E-state index < -0.39 is 53.4 Å². The highest BCUT2D eigenvalue weighted by Gasteiger charge is 2.46. The summed E-state index contributed by atoms with van der Waals surface area (Å²) >= 11 is 0. The Hall–Kier alpha value is -2.74. The molecule has 5 atom stereocenters. The number of nitrogens with one attached hydrogen (secondary N) is 2. The zero-order valence-corrected chi connectivity index (χ0v) is 20.7. The smallest absolute Gasteiger partial charge is 0.301 e. The fraction of sp³-hybridized carbons (Fsp3) is 0.435. The third-order valence-electron chi connectivity index (χ3n) is 5.61. The predicted molar refractivity (Wildman–Crippen MR) is 129 cm³/mol. The molecule has 0 saturated carbocycles. The molecule has 1 aliphatic heterocycles. The summed E-state index contributed by atoms with van der Waals surface area (Å²) in [6.45, 7) is 2.54. The van der Waals surface area contributed by atoms with E-state index in [0.717, 1.165) is 9.87 Å². The van der Waals surface area contributed by atoms with Gasteiger partial charge < -0.3 is 30.1 Å². The van der Waals surface area contributed by atoms with Crippen molar-refractivity contribution in [3.05, 3.63) is 48.0 Å². The van der Waals surface area contributed by atoms with Crippen LogP contribution in [0, 0.1) is 6.92 Å². The van der Waals surface area contributed by atoms with Crippen molar-refractivity contribution in [1.29, 1.82) is 0 Å². The lowest BCUT2D eigenvalue weighted by molar-refractivity contribution is -0.244. The number of rotatable bonds is 8. The van der Waals surface area contributed by atoms with Crippen molar-refractivity contribution < 1.29 is 38.0 Å².